The van der Waals surface area contributed by atoms with E-state index < -0.39 is 23.7 Å². The van der Waals surface area contributed by atoms with Gasteiger partial charge < -0.3 is 11.1 Å². The second kappa shape index (κ2) is 8.27. The lowest BCUT2D eigenvalue weighted by Crippen LogP contribution is -2.39. The van der Waals surface area contributed by atoms with Gasteiger partial charge in [-0.05, 0) is 31.9 Å². The number of hydrogen-bond acceptors (Lipinski definition) is 5. The number of hydrogen-bond donors (Lipinski definition) is 2. The number of benzene rings is 1. The summed E-state index contributed by atoms with van der Waals surface area (Å²) in [4.78, 5) is 14.6. The smallest absolute Gasteiger partial charge is 0.328 e. The van der Waals surface area contributed by atoms with Crippen LogP contribution in [0.2, 0.25) is 0 Å². The summed E-state index contributed by atoms with van der Waals surface area (Å²) in [6.07, 6.45) is -1.06. The molecule has 10 heteroatoms. The van der Waals surface area contributed by atoms with Crippen molar-refractivity contribution in [2.24, 2.45) is 5.73 Å². The average molecular weight is 396 g/mol. The molecule has 152 valence electrons. The maximum Gasteiger partial charge on any atom is 0.418 e. The maximum atomic E-state index is 13.1. The number of para-hydroxylation sites is 1. The number of nitrogens with one attached hydrogen (secondary N) is 1. The molecule has 0 aliphatic carbocycles. The summed E-state index contributed by atoms with van der Waals surface area (Å²) >= 11 is 0. The zero-order valence-corrected chi connectivity index (χ0v) is 15.5. The van der Waals surface area contributed by atoms with Crippen molar-refractivity contribution in [1.82, 2.24) is 19.9 Å². The molecule has 0 saturated carbocycles. The van der Waals surface area contributed by atoms with Crippen LogP contribution >= 0.6 is 0 Å². The lowest BCUT2D eigenvalue weighted by molar-refractivity contribution is -0.137. The van der Waals surface area contributed by atoms with Gasteiger partial charge in [-0.2, -0.15) is 13.2 Å². The number of amides is 1. The van der Waals surface area contributed by atoms with E-state index in [9.17, 15) is 18.0 Å². The number of aromatic nitrogens is 3. The van der Waals surface area contributed by atoms with E-state index in [0.717, 1.165) is 32.0 Å². The summed E-state index contributed by atoms with van der Waals surface area (Å²) in [5.74, 6) is -0.600. The van der Waals surface area contributed by atoms with E-state index in [-0.39, 0.29) is 11.7 Å². The first kappa shape index (κ1) is 20.3. The number of nitrogens with two attached hydrogens (primary N) is 1. The van der Waals surface area contributed by atoms with E-state index in [1.807, 2.05) is 0 Å². The van der Waals surface area contributed by atoms with Gasteiger partial charge in [-0.1, -0.05) is 17.3 Å². The molecule has 1 saturated heterocycles. The summed E-state index contributed by atoms with van der Waals surface area (Å²) in [6.45, 7) is 3.90. The van der Waals surface area contributed by atoms with Crippen molar-refractivity contribution < 1.29 is 18.0 Å². The first-order chi connectivity index (χ1) is 13.2. The van der Waals surface area contributed by atoms with Gasteiger partial charge in [0.05, 0.1) is 23.1 Å². The van der Waals surface area contributed by atoms with Crippen LogP contribution in [0.15, 0.2) is 30.5 Å². The van der Waals surface area contributed by atoms with Gasteiger partial charge in [-0.25, -0.2) is 4.68 Å². The van der Waals surface area contributed by atoms with Gasteiger partial charge in [0.1, 0.15) is 6.04 Å². The Kier molecular flexibility index (Phi) is 5.99. The van der Waals surface area contributed by atoms with Crippen molar-refractivity contribution in [3.05, 3.63) is 41.7 Å². The standard InChI is InChI=1S/C18H23F3N6O/c1-12(17(28)23-16-5-3-2-4-15(16)18(19,20)21)27-11-14(24-25-27)10-26-8-6-13(22)7-9-26/h2-5,11-13H,6-10,22H2,1H3,(H,23,28). The zero-order valence-electron chi connectivity index (χ0n) is 15.5. The Morgan fingerprint density at radius 1 is 1.32 bits per heavy atom. The summed E-state index contributed by atoms with van der Waals surface area (Å²) in [6, 6.07) is 4.29. The molecule has 1 aromatic carbocycles. The number of rotatable bonds is 5. The molecular weight excluding hydrogens is 373 g/mol. The number of likely N-dealkylation sites (tertiary alicyclic amines) is 1. The summed E-state index contributed by atoms with van der Waals surface area (Å²) in [5.41, 5.74) is 5.42. The average Bonchev–Trinajstić information content (AvgIpc) is 3.11. The predicted octanol–water partition coefficient (Wildman–Crippen LogP) is 2.42. The Morgan fingerprint density at radius 3 is 2.68 bits per heavy atom. The highest BCUT2D eigenvalue weighted by atomic mass is 19.4. The second-order valence-electron chi connectivity index (χ2n) is 7.01. The lowest BCUT2D eigenvalue weighted by Gasteiger charge is -2.29. The molecule has 3 N–H and O–H groups in total. The minimum atomic E-state index is -4.55. The van der Waals surface area contributed by atoms with E-state index in [1.165, 1.54) is 22.9 Å². The lowest BCUT2D eigenvalue weighted by atomic mass is 10.1. The van der Waals surface area contributed by atoms with Crippen molar-refractivity contribution in [1.29, 1.82) is 0 Å². The number of alkyl halides is 3. The van der Waals surface area contributed by atoms with E-state index >= 15 is 0 Å². The van der Waals surface area contributed by atoms with Crippen molar-refractivity contribution >= 4 is 11.6 Å². The van der Waals surface area contributed by atoms with E-state index in [1.54, 1.807) is 13.1 Å². The van der Waals surface area contributed by atoms with Gasteiger partial charge in [0.25, 0.3) is 0 Å². The summed E-state index contributed by atoms with van der Waals surface area (Å²) in [7, 11) is 0. The van der Waals surface area contributed by atoms with Gasteiger partial charge >= 0.3 is 6.18 Å². The van der Waals surface area contributed by atoms with Crippen molar-refractivity contribution in [3.8, 4) is 0 Å². The number of piperidine rings is 1. The predicted molar refractivity (Wildman–Crippen MR) is 97.3 cm³/mol. The van der Waals surface area contributed by atoms with Gasteiger partial charge in [0.2, 0.25) is 5.91 Å². The van der Waals surface area contributed by atoms with Crippen LogP contribution in [-0.2, 0) is 17.5 Å². The molecule has 2 heterocycles. The monoisotopic (exact) mass is 396 g/mol. The third-order valence-corrected chi connectivity index (χ3v) is 4.84. The number of nitrogens with zero attached hydrogens (tertiary/aromatic N) is 4. The van der Waals surface area contributed by atoms with E-state index in [0.29, 0.717) is 12.2 Å². The number of halogens is 3. The molecule has 7 nitrogen and oxygen atoms in total. The van der Waals surface area contributed by atoms with Crippen LogP contribution in [-0.4, -0.2) is 44.9 Å². The van der Waals surface area contributed by atoms with Gasteiger partial charge in [0, 0.05) is 25.7 Å². The molecule has 0 bridgehead atoms. The highest BCUT2D eigenvalue weighted by Crippen LogP contribution is 2.34. The minimum absolute atomic E-state index is 0.232. The SMILES string of the molecule is CC(C(=O)Nc1ccccc1C(F)(F)F)n1cc(CN2CCC(N)CC2)nn1. The molecule has 1 aliphatic heterocycles. The van der Waals surface area contributed by atoms with Crippen molar-refractivity contribution in [2.75, 3.05) is 18.4 Å². The van der Waals surface area contributed by atoms with Crippen LogP contribution < -0.4 is 11.1 Å². The highest BCUT2D eigenvalue weighted by Gasteiger charge is 2.34. The Morgan fingerprint density at radius 2 is 2.00 bits per heavy atom. The fraction of sp³-hybridized carbons (Fsp3) is 0.500. The van der Waals surface area contributed by atoms with Gasteiger partial charge in [-0.15, -0.1) is 5.10 Å². The number of anilines is 1. The van der Waals surface area contributed by atoms with Crippen LogP contribution in [0.25, 0.3) is 0 Å². The Balaban J connectivity index is 1.64. The zero-order chi connectivity index (χ0) is 20.3. The molecule has 1 aliphatic rings. The third kappa shape index (κ3) is 4.87. The molecule has 28 heavy (non-hydrogen) atoms. The fourth-order valence-electron chi connectivity index (χ4n) is 3.11. The first-order valence-electron chi connectivity index (χ1n) is 9.10. The van der Waals surface area contributed by atoms with Crippen molar-refractivity contribution in [3.63, 3.8) is 0 Å². The molecule has 0 radical (unpaired) electrons. The molecule has 1 amide bonds. The van der Waals surface area contributed by atoms with Crippen LogP contribution in [0.5, 0.6) is 0 Å². The third-order valence-electron chi connectivity index (χ3n) is 4.84. The maximum absolute atomic E-state index is 13.1. The molecule has 1 atom stereocenters. The molecule has 2 aromatic rings. The van der Waals surface area contributed by atoms with Crippen LogP contribution in [0.3, 0.4) is 0 Å². The van der Waals surface area contributed by atoms with Crippen LogP contribution in [0.1, 0.15) is 37.1 Å². The quantitative estimate of drug-likeness (QED) is 0.810. The van der Waals surface area contributed by atoms with E-state index in [4.69, 9.17) is 5.73 Å². The first-order valence-corrected chi connectivity index (χ1v) is 9.10. The minimum Gasteiger partial charge on any atom is -0.328 e. The molecule has 1 unspecified atom stereocenters. The van der Waals surface area contributed by atoms with Gasteiger partial charge in [0.15, 0.2) is 0 Å². The molecular formula is C18H23F3N6O. The molecule has 1 fully saturated rings. The molecule has 3 rings (SSSR count). The number of carbonyl (C=O) groups excluding carboxylic acids is 1. The largest absolute Gasteiger partial charge is 0.418 e. The van der Waals surface area contributed by atoms with E-state index in [2.05, 4.69) is 20.5 Å². The normalized spacial score (nSPS) is 17.5. The molecule has 1 aromatic heterocycles. The topological polar surface area (TPSA) is 89.1 Å². The summed E-state index contributed by atoms with van der Waals surface area (Å²) < 4.78 is 40.6. The van der Waals surface area contributed by atoms with Crippen molar-refractivity contribution in [2.45, 2.75) is 44.6 Å². The Bertz CT molecular complexity index is 814. The van der Waals surface area contributed by atoms with Crippen LogP contribution in [0, 0.1) is 0 Å². The number of carbonyl (C=O) groups is 1. The fourth-order valence-corrected chi connectivity index (χ4v) is 3.11. The Hall–Kier alpha value is -2.46. The summed E-state index contributed by atoms with van der Waals surface area (Å²) in [5, 5.41) is 10.4. The molecule has 0 spiro atoms. The van der Waals surface area contributed by atoms with Gasteiger partial charge in [-0.3, -0.25) is 9.69 Å². The second-order valence-corrected chi connectivity index (χ2v) is 7.01. The highest BCUT2D eigenvalue weighted by molar-refractivity contribution is 5.94. The Labute approximate surface area is 160 Å². The van der Waals surface area contributed by atoms with Crippen LogP contribution in [0.4, 0.5) is 18.9 Å².